The summed E-state index contributed by atoms with van der Waals surface area (Å²) in [6.45, 7) is 6.24. The number of carbonyl (C=O) groups excluding carboxylic acids is 1. The molecule has 0 saturated carbocycles. The smallest absolute Gasteiger partial charge is 0.154 e. The first-order valence-corrected chi connectivity index (χ1v) is 5.24. The zero-order valence-electron chi connectivity index (χ0n) is 9.42. The van der Waals surface area contributed by atoms with Crippen LogP contribution in [0.2, 0.25) is 0 Å². The maximum atomic E-state index is 10.8. The molecule has 80 valence electrons. The second kappa shape index (κ2) is 3.09. The van der Waals surface area contributed by atoms with Gasteiger partial charge >= 0.3 is 0 Å². The maximum Gasteiger partial charge on any atom is 0.154 e. The molecule has 0 aromatic heterocycles. The summed E-state index contributed by atoms with van der Waals surface area (Å²) in [4.78, 5) is 10.8. The highest BCUT2D eigenvalue weighted by Gasteiger charge is 2.31. The first kappa shape index (κ1) is 10.2. The Bertz CT molecular complexity index is 431. The second-order valence-corrected chi connectivity index (χ2v) is 5.23. The fourth-order valence-electron chi connectivity index (χ4n) is 2.49. The number of phenolic OH excluding ortho intramolecular Hbond substituents is 1. The first-order chi connectivity index (χ1) is 6.94. The van der Waals surface area contributed by atoms with Crippen molar-refractivity contribution in [2.24, 2.45) is 5.41 Å². The van der Waals surface area contributed by atoms with Gasteiger partial charge in [-0.2, -0.15) is 0 Å². The van der Waals surface area contributed by atoms with E-state index in [0.29, 0.717) is 5.56 Å². The summed E-state index contributed by atoms with van der Waals surface area (Å²) in [7, 11) is 0. The summed E-state index contributed by atoms with van der Waals surface area (Å²) in [5.41, 5.74) is 3.69. The molecule has 0 radical (unpaired) electrons. The molecule has 2 rings (SSSR count). The first-order valence-electron chi connectivity index (χ1n) is 5.24. The Kier molecular flexibility index (Phi) is 2.10. The molecule has 0 aliphatic heterocycles. The van der Waals surface area contributed by atoms with Crippen molar-refractivity contribution in [2.75, 3.05) is 0 Å². The summed E-state index contributed by atoms with van der Waals surface area (Å²) in [6.07, 6.45) is 2.58. The van der Waals surface area contributed by atoms with E-state index in [0.717, 1.165) is 30.3 Å². The van der Waals surface area contributed by atoms with Gasteiger partial charge in [-0.1, -0.05) is 19.9 Å². The number of phenols is 1. The molecule has 1 aromatic rings. The van der Waals surface area contributed by atoms with Crippen LogP contribution >= 0.6 is 0 Å². The molecule has 1 aromatic carbocycles. The maximum absolute atomic E-state index is 10.8. The number of carbonyl (C=O) groups is 1. The quantitative estimate of drug-likeness (QED) is 0.714. The van der Waals surface area contributed by atoms with Crippen molar-refractivity contribution in [1.82, 2.24) is 0 Å². The average molecular weight is 204 g/mol. The molecule has 0 saturated heterocycles. The van der Waals surface area contributed by atoms with Gasteiger partial charge < -0.3 is 5.11 Å². The highest BCUT2D eigenvalue weighted by Crippen LogP contribution is 2.42. The van der Waals surface area contributed by atoms with Crippen molar-refractivity contribution in [1.29, 1.82) is 0 Å². The fourth-order valence-corrected chi connectivity index (χ4v) is 2.49. The van der Waals surface area contributed by atoms with Crippen molar-refractivity contribution in [3.63, 3.8) is 0 Å². The van der Waals surface area contributed by atoms with Gasteiger partial charge in [-0.25, -0.2) is 0 Å². The molecule has 0 fully saturated rings. The highest BCUT2D eigenvalue weighted by atomic mass is 16.3. The van der Waals surface area contributed by atoms with E-state index in [-0.39, 0.29) is 11.2 Å². The van der Waals surface area contributed by atoms with Crippen LogP contribution in [0.5, 0.6) is 5.75 Å². The Morgan fingerprint density at radius 3 is 2.67 bits per heavy atom. The lowest BCUT2D eigenvalue weighted by atomic mass is 9.90. The molecule has 0 bridgehead atoms. The lowest BCUT2D eigenvalue weighted by Crippen LogP contribution is -2.09. The Balaban J connectivity index is 2.62. The Morgan fingerprint density at radius 1 is 1.40 bits per heavy atom. The third kappa shape index (κ3) is 1.54. The van der Waals surface area contributed by atoms with Crippen LogP contribution in [-0.2, 0) is 12.8 Å². The number of aryl methyl sites for hydroxylation is 1. The average Bonchev–Trinajstić information content (AvgIpc) is 2.41. The zero-order valence-corrected chi connectivity index (χ0v) is 9.42. The minimum Gasteiger partial charge on any atom is -0.507 e. The van der Waals surface area contributed by atoms with E-state index in [1.165, 1.54) is 5.56 Å². The number of aldehydes is 1. The molecule has 2 heteroatoms. The monoisotopic (exact) mass is 204 g/mol. The number of hydrogen-bond acceptors (Lipinski definition) is 2. The van der Waals surface area contributed by atoms with Gasteiger partial charge in [-0.15, -0.1) is 0 Å². The van der Waals surface area contributed by atoms with Crippen LogP contribution in [0, 0.1) is 12.3 Å². The fraction of sp³-hybridized carbons (Fsp3) is 0.462. The highest BCUT2D eigenvalue weighted by molar-refractivity contribution is 5.83. The molecule has 2 nitrogen and oxygen atoms in total. The Labute approximate surface area is 89.9 Å². The molecule has 0 heterocycles. The van der Waals surface area contributed by atoms with Crippen molar-refractivity contribution >= 4 is 6.29 Å². The molecule has 1 aliphatic rings. The van der Waals surface area contributed by atoms with Gasteiger partial charge in [0.15, 0.2) is 6.29 Å². The van der Waals surface area contributed by atoms with Crippen LogP contribution in [0.3, 0.4) is 0 Å². The van der Waals surface area contributed by atoms with Gasteiger partial charge in [-0.05, 0) is 41.9 Å². The Hall–Kier alpha value is -1.31. The van der Waals surface area contributed by atoms with Crippen molar-refractivity contribution in [2.45, 2.75) is 33.6 Å². The lowest BCUT2D eigenvalue weighted by Gasteiger charge is -2.14. The summed E-state index contributed by atoms with van der Waals surface area (Å²) >= 11 is 0. The minimum absolute atomic E-state index is 0.200. The number of rotatable bonds is 1. The molecule has 1 N–H and O–H groups in total. The largest absolute Gasteiger partial charge is 0.507 e. The van der Waals surface area contributed by atoms with Crippen LogP contribution in [0.25, 0.3) is 0 Å². The standard InChI is InChI=1S/C13H16O2/c1-8-4-9-5-13(2,3)6-10(9)12(15)11(8)7-14/h4,7,15H,5-6H2,1-3H3. The molecule has 1 aliphatic carbocycles. The van der Waals surface area contributed by atoms with Gasteiger partial charge in [0, 0.05) is 0 Å². The summed E-state index contributed by atoms with van der Waals surface area (Å²) in [5, 5.41) is 9.99. The number of aromatic hydroxyl groups is 1. The van der Waals surface area contributed by atoms with Gasteiger partial charge in [-0.3, -0.25) is 4.79 Å². The predicted octanol–water partition coefficient (Wildman–Crippen LogP) is 2.64. The molecular formula is C13H16O2. The number of fused-ring (bicyclic) bond motifs is 1. The van der Waals surface area contributed by atoms with Crippen LogP contribution in [0.15, 0.2) is 6.07 Å². The second-order valence-electron chi connectivity index (χ2n) is 5.23. The minimum atomic E-state index is 0.200. The van der Waals surface area contributed by atoms with E-state index in [1.54, 1.807) is 0 Å². The molecule has 0 amide bonds. The molecular weight excluding hydrogens is 188 g/mol. The van der Waals surface area contributed by atoms with Crippen LogP contribution < -0.4 is 0 Å². The van der Waals surface area contributed by atoms with E-state index >= 15 is 0 Å². The third-order valence-corrected chi connectivity index (χ3v) is 3.19. The SMILES string of the molecule is Cc1cc2c(c(O)c1C=O)CC(C)(C)C2. The zero-order chi connectivity index (χ0) is 11.2. The molecule has 0 unspecified atom stereocenters. The summed E-state index contributed by atoms with van der Waals surface area (Å²) in [6, 6.07) is 2.04. The normalized spacial score (nSPS) is 17.5. The van der Waals surface area contributed by atoms with E-state index in [1.807, 2.05) is 13.0 Å². The number of benzene rings is 1. The van der Waals surface area contributed by atoms with E-state index in [4.69, 9.17) is 0 Å². The van der Waals surface area contributed by atoms with Crippen molar-refractivity contribution in [3.05, 3.63) is 28.3 Å². The van der Waals surface area contributed by atoms with Crippen LogP contribution in [0.4, 0.5) is 0 Å². The third-order valence-electron chi connectivity index (χ3n) is 3.19. The van der Waals surface area contributed by atoms with Crippen LogP contribution in [-0.4, -0.2) is 11.4 Å². The van der Waals surface area contributed by atoms with E-state index in [2.05, 4.69) is 13.8 Å². The lowest BCUT2D eigenvalue weighted by molar-refractivity contribution is 0.112. The number of hydrogen-bond donors (Lipinski definition) is 1. The molecule has 0 atom stereocenters. The van der Waals surface area contributed by atoms with Gasteiger partial charge in [0.2, 0.25) is 0 Å². The van der Waals surface area contributed by atoms with Crippen molar-refractivity contribution < 1.29 is 9.90 Å². The van der Waals surface area contributed by atoms with E-state index in [9.17, 15) is 9.90 Å². The molecule has 15 heavy (non-hydrogen) atoms. The Morgan fingerprint density at radius 2 is 2.07 bits per heavy atom. The predicted molar refractivity (Wildman–Crippen MR) is 59.4 cm³/mol. The topological polar surface area (TPSA) is 37.3 Å². The van der Waals surface area contributed by atoms with E-state index < -0.39 is 0 Å². The van der Waals surface area contributed by atoms with Crippen LogP contribution in [0.1, 0.15) is 40.9 Å². The summed E-state index contributed by atoms with van der Waals surface area (Å²) in [5.74, 6) is 0.200. The molecule has 0 spiro atoms. The van der Waals surface area contributed by atoms with Crippen molar-refractivity contribution in [3.8, 4) is 5.75 Å². The van der Waals surface area contributed by atoms with Gasteiger partial charge in [0.1, 0.15) is 5.75 Å². The van der Waals surface area contributed by atoms with Gasteiger partial charge in [0.05, 0.1) is 5.56 Å². The van der Waals surface area contributed by atoms with Gasteiger partial charge in [0.25, 0.3) is 0 Å². The summed E-state index contributed by atoms with van der Waals surface area (Å²) < 4.78 is 0.